The molecule has 0 radical (unpaired) electrons. The largest absolute Gasteiger partial charge is 0.457 e. The molecule has 0 saturated carbocycles. The fraction of sp³-hybridized carbons (Fsp3) is 0.500. The Bertz CT molecular complexity index is 844. The molecule has 0 aliphatic carbocycles. The molecule has 0 N–H and O–H groups in total. The van der Waals surface area contributed by atoms with Crippen LogP contribution in [0.3, 0.4) is 0 Å². The van der Waals surface area contributed by atoms with Crippen molar-refractivity contribution in [1.82, 2.24) is 4.98 Å². The summed E-state index contributed by atoms with van der Waals surface area (Å²) in [6.07, 6.45) is 11.8. The minimum absolute atomic E-state index is 0.135. The van der Waals surface area contributed by atoms with Gasteiger partial charge in [0.25, 0.3) is 11.6 Å². The summed E-state index contributed by atoms with van der Waals surface area (Å²) in [7, 11) is 5.15. The third kappa shape index (κ3) is 6.27. The van der Waals surface area contributed by atoms with Crippen LogP contribution < -0.4 is 0 Å². The molecule has 0 aromatic carbocycles. The molecule has 0 atom stereocenters. The van der Waals surface area contributed by atoms with E-state index in [1.54, 1.807) is 13.0 Å². The Hall–Kier alpha value is -2.95. The summed E-state index contributed by atoms with van der Waals surface area (Å²) in [5.41, 5.74) is 1.74. The Morgan fingerprint density at radius 3 is 1.68 bits per heavy atom. The molecule has 1 rings (SSSR count). The fourth-order valence-corrected chi connectivity index (χ4v) is 2.62. The lowest BCUT2D eigenvalue weighted by Gasteiger charge is -2.27. The quantitative estimate of drug-likeness (QED) is 0.276. The summed E-state index contributed by atoms with van der Waals surface area (Å²) in [6, 6.07) is 1.69. The minimum Gasteiger partial charge on any atom is -0.457 e. The van der Waals surface area contributed by atoms with Crippen molar-refractivity contribution < 1.29 is 38.0 Å². The van der Waals surface area contributed by atoms with E-state index in [0.717, 1.165) is 0 Å². The average Bonchev–Trinajstić information content (AvgIpc) is 2.78. The molecule has 9 heteroatoms. The van der Waals surface area contributed by atoms with E-state index >= 15 is 0 Å². The van der Waals surface area contributed by atoms with Crippen molar-refractivity contribution in [3.05, 3.63) is 29.1 Å². The number of aryl methyl sites for hydroxylation is 1. The van der Waals surface area contributed by atoms with Crippen molar-refractivity contribution in [2.45, 2.75) is 44.6 Å². The van der Waals surface area contributed by atoms with Gasteiger partial charge in [0.05, 0.1) is 12.8 Å². The van der Waals surface area contributed by atoms with Gasteiger partial charge in [0, 0.05) is 45.9 Å². The Morgan fingerprint density at radius 1 is 0.871 bits per heavy atom. The number of methoxy groups -OCH3 is 4. The maximum absolute atomic E-state index is 12.5. The fourth-order valence-electron chi connectivity index (χ4n) is 2.62. The van der Waals surface area contributed by atoms with E-state index in [9.17, 15) is 9.59 Å². The summed E-state index contributed by atoms with van der Waals surface area (Å²) in [5.74, 6) is -0.382. The van der Waals surface area contributed by atoms with Crippen LogP contribution in [-0.4, -0.2) is 56.9 Å². The zero-order chi connectivity index (χ0) is 23.5. The van der Waals surface area contributed by atoms with Gasteiger partial charge in [-0.25, -0.2) is 9.59 Å². The van der Waals surface area contributed by atoms with Crippen LogP contribution in [0.5, 0.6) is 0 Å². The number of ether oxygens (including phenoxy) is 6. The number of esters is 2. The van der Waals surface area contributed by atoms with Crippen LogP contribution in [0, 0.1) is 31.6 Å². The number of rotatable bonds is 12. The predicted molar refractivity (Wildman–Crippen MR) is 109 cm³/mol. The first kappa shape index (κ1) is 26.1. The van der Waals surface area contributed by atoms with Crippen LogP contribution in [0.2, 0.25) is 0 Å². The maximum Gasteiger partial charge on any atom is 0.368 e. The summed E-state index contributed by atoms with van der Waals surface area (Å²) >= 11 is 0. The molecule has 0 fully saturated rings. The monoisotopic (exact) mass is 433 g/mol. The molecule has 0 unspecified atom stereocenters. The van der Waals surface area contributed by atoms with E-state index in [-0.39, 0.29) is 26.1 Å². The molecule has 0 spiro atoms. The Kier molecular flexibility index (Phi) is 10.1. The topological polar surface area (TPSA) is 102 Å². The molecule has 9 nitrogen and oxygen atoms in total. The van der Waals surface area contributed by atoms with Crippen LogP contribution in [-0.2, 0) is 51.2 Å². The summed E-state index contributed by atoms with van der Waals surface area (Å²) in [6.45, 7) is 1.43. The van der Waals surface area contributed by atoms with Gasteiger partial charge in [0.2, 0.25) is 0 Å². The third-order valence-electron chi connectivity index (χ3n) is 4.55. The second-order valence-corrected chi connectivity index (χ2v) is 6.33. The highest BCUT2D eigenvalue weighted by molar-refractivity contribution is 5.79. The van der Waals surface area contributed by atoms with Crippen LogP contribution in [0.15, 0.2) is 12.3 Å². The van der Waals surface area contributed by atoms with Crippen molar-refractivity contribution in [1.29, 1.82) is 0 Å². The number of carbonyl (C=O) groups excluding carboxylic acids is 2. The standard InChI is InChI=1S/C22H27NO8/c1-8-10-21(26-4,27-5)19(24)30-14-17-12-16(3)23-13-18(17)15-31-20(25)22(28-6,29-7)11-9-2/h1-2,12-13H,10-11,14-15H2,3-7H3. The van der Waals surface area contributed by atoms with Crippen molar-refractivity contribution >= 4 is 11.9 Å². The van der Waals surface area contributed by atoms with Gasteiger partial charge in [-0.15, -0.1) is 24.7 Å². The van der Waals surface area contributed by atoms with Crippen LogP contribution in [0.4, 0.5) is 0 Å². The van der Waals surface area contributed by atoms with Crippen molar-refractivity contribution in [2.75, 3.05) is 28.4 Å². The van der Waals surface area contributed by atoms with Gasteiger partial charge >= 0.3 is 11.9 Å². The Labute approximate surface area is 182 Å². The third-order valence-corrected chi connectivity index (χ3v) is 4.55. The molecule has 0 amide bonds. The Balaban J connectivity index is 2.98. The van der Waals surface area contributed by atoms with Gasteiger partial charge in [0.1, 0.15) is 13.2 Å². The molecule has 1 aromatic rings. The number of pyridine rings is 1. The molecule has 0 bridgehead atoms. The summed E-state index contributed by atoms with van der Waals surface area (Å²) < 4.78 is 31.2. The number of carbonyl (C=O) groups is 2. The number of terminal acetylenes is 2. The summed E-state index contributed by atoms with van der Waals surface area (Å²) in [4.78, 5) is 29.2. The predicted octanol–water partition coefficient (Wildman–Crippen LogP) is 1.50. The number of hydrogen-bond acceptors (Lipinski definition) is 9. The second-order valence-electron chi connectivity index (χ2n) is 6.33. The molecule has 31 heavy (non-hydrogen) atoms. The number of nitrogens with zero attached hydrogens (tertiary/aromatic N) is 1. The van der Waals surface area contributed by atoms with Crippen LogP contribution >= 0.6 is 0 Å². The lowest BCUT2D eigenvalue weighted by Crippen LogP contribution is -2.44. The van der Waals surface area contributed by atoms with E-state index < -0.39 is 23.5 Å². The van der Waals surface area contributed by atoms with Crippen LogP contribution in [0.25, 0.3) is 0 Å². The summed E-state index contributed by atoms with van der Waals surface area (Å²) in [5, 5.41) is 0. The maximum atomic E-state index is 12.5. The molecular formula is C22H27NO8. The average molecular weight is 433 g/mol. The molecular weight excluding hydrogens is 406 g/mol. The van der Waals surface area contributed by atoms with E-state index in [1.165, 1.54) is 34.6 Å². The second kappa shape index (κ2) is 12.0. The number of aromatic nitrogens is 1. The molecule has 1 aromatic heterocycles. The zero-order valence-electron chi connectivity index (χ0n) is 18.4. The van der Waals surface area contributed by atoms with Gasteiger partial charge in [-0.1, -0.05) is 0 Å². The first-order valence-electron chi connectivity index (χ1n) is 9.14. The minimum atomic E-state index is -1.72. The van der Waals surface area contributed by atoms with E-state index in [1.807, 2.05) is 0 Å². The van der Waals surface area contributed by atoms with E-state index in [4.69, 9.17) is 41.3 Å². The molecule has 0 saturated heterocycles. The highest BCUT2D eigenvalue weighted by Gasteiger charge is 2.41. The highest BCUT2D eigenvalue weighted by atomic mass is 16.7. The van der Waals surface area contributed by atoms with E-state index in [0.29, 0.717) is 16.8 Å². The smallest absolute Gasteiger partial charge is 0.368 e. The molecule has 168 valence electrons. The first-order chi connectivity index (χ1) is 14.8. The van der Waals surface area contributed by atoms with Crippen molar-refractivity contribution in [3.63, 3.8) is 0 Å². The number of hydrogen-bond donors (Lipinski definition) is 0. The zero-order valence-corrected chi connectivity index (χ0v) is 18.4. The van der Waals surface area contributed by atoms with Gasteiger partial charge in [-0.05, 0) is 18.6 Å². The molecule has 0 aliphatic heterocycles. The van der Waals surface area contributed by atoms with Crippen molar-refractivity contribution in [3.8, 4) is 24.7 Å². The van der Waals surface area contributed by atoms with Gasteiger partial charge in [-0.2, -0.15) is 0 Å². The lowest BCUT2D eigenvalue weighted by molar-refractivity contribution is -0.229. The van der Waals surface area contributed by atoms with Gasteiger partial charge in [0.15, 0.2) is 0 Å². The SMILES string of the molecule is C#CCC(OC)(OC)C(=O)OCc1cnc(C)cc1COC(=O)C(CC#C)(OC)OC. The normalized spacial score (nSPS) is 11.3. The van der Waals surface area contributed by atoms with Crippen molar-refractivity contribution in [2.24, 2.45) is 0 Å². The van der Waals surface area contributed by atoms with Crippen LogP contribution in [0.1, 0.15) is 29.7 Å². The van der Waals surface area contributed by atoms with Gasteiger partial charge in [-0.3, -0.25) is 4.98 Å². The lowest BCUT2D eigenvalue weighted by atomic mass is 10.1. The molecule has 1 heterocycles. The Morgan fingerprint density at radius 2 is 1.29 bits per heavy atom. The van der Waals surface area contributed by atoms with Gasteiger partial charge < -0.3 is 28.4 Å². The van der Waals surface area contributed by atoms with E-state index in [2.05, 4.69) is 16.8 Å². The highest BCUT2D eigenvalue weighted by Crippen LogP contribution is 2.22. The first-order valence-corrected chi connectivity index (χ1v) is 9.14. The molecule has 0 aliphatic rings.